The summed E-state index contributed by atoms with van der Waals surface area (Å²) >= 11 is 0. The monoisotopic (exact) mass is 320 g/mol. The third kappa shape index (κ3) is 2.20. The van der Waals surface area contributed by atoms with Crippen LogP contribution in [0.2, 0.25) is 0 Å². The normalized spacial score (nSPS) is 55.8. The second-order valence-corrected chi connectivity index (χ2v) is 9.37. The molecule has 2 heteroatoms. The lowest BCUT2D eigenvalue weighted by atomic mass is 9.48. The average molecular weight is 321 g/mol. The van der Waals surface area contributed by atoms with Gasteiger partial charge in [0.2, 0.25) is 0 Å². The molecule has 4 rings (SSSR count). The molecule has 0 heterocycles. The number of hydrogen-bond acceptors (Lipinski definition) is 2. The molecule has 0 bridgehead atoms. The first-order valence-corrected chi connectivity index (χ1v) is 10.4. The van der Waals surface area contributed by atoms with Crippen molar-refractivity contribution in [2.24, 2.45) is 35.0 Å². The summed E-state index contributed by atoms with van der Waals surface area (Å²) in [5.74, 6) is 4.19. The van der Waals surface area contributed by atoms with Crippen molar-refractivity contribution in [3.63, 3.8) is 0 Å². The zero-order valence-electron chi connectivity index (χ0n) is 15.1. The first kappa shape index (κ1) is 16.4. The molecular formula is C21H36O2. The van der Waals surface area contributed by atoms with Crippen LogP contribution in [0.4, 0.5) is 0 Å². The fourth-order valence-electron chi connectivity index (χ4n) is 8.05. The summed E-state index contributed by atoms with van der Waals surface area (Å²) in [4.78, 5) is 0. The van der Waals surface area contributed by atoms with Crippen molar-refractivity contribution in [3.05, 3.63) is 0 Å². The Kier molecular flexibility index (Phi) is 4.08. The molecule has 0 radical (unpaired) electrons. The van der Waals surface area contributed by atoms with E-state index in [0.29, 0.717) is 0 Å². The van der Waals surface area contributed by atoms with Crippen molar-refractivity contribution < 1.29 is 10.2 Å². The molecule has 2 nitrogen and oxygen atoms in total. The molecule has 0 aromatic rings. The van der Waals surface area contributed by atoms with E-state index in [0.717, 1.165) is 61.7 Å². The number of aliphatic hydroxyl groups excluding tert-OH is 1. The van der Waals surface area contributed by atoms with Crippen molar-refractivity contribution in [1.29, 1.82) is 0 Å². The topological polar surface area (TPSA) is 40.5 Å². The second kappa shape index (κ2) is 5.73. The van der Waals surface area contributed by atoms with Crippen LogP contribution in [-0.4, -0.2) is 21.9 Å². The van der Waals surface area contributed by atoms with Crippen molar-refractivity contribution in [3.8, 4) is 0 Å². The maximum Gasteiger partial charge on any atom is 0.0703 e. The van der Waals surface area contributed by atoms with Gasteiger partial charge >= 0.3 is 0 Å². The first-order valence-electron chi connectivity index (χ1n) is 10.4. The minimum atomic E-state index is -0.392. The summed E-state index contributed by atoms with van der Waals surface area (Å²) in [5.41, 5.74) is -0.180. The zero-order chi connectivity index (χ0) is 16.2. The molecule has 23 heavy (non-hydrogen) atoms. The summed E-state index contributed by atoms with van der Waals surface area (Å²) in [6.45, 7) is 4.53. The van der Waals surface area contributed by atoms with Gasteiger partial charge in [0.15, 0.2) is 0 Å². The van der Waals surface area contributed by atoms with E-state index in [1.54, 1.807) is 0 Å². The van der Waals surface area contributed by atoms with Gasteiger partial charge in [0.05, 0.1) is 11.7 Å². The lowest BCUT2D eigenvalue weighted by Gasteiger charge is -2.58. The largest absolute Gasteiger partial charge is 0.393 e. The molecule has 4 aliphatic rings. The molecule has 2 N–H and O–H groups in total. The quantitative estimate of drug-likeness (QED) is 0.784. The third-order valence-corrected chi connectivity index (χ3v) is 9.15. The standard InChI is InChI=1S/C21H36O2/c1-3-20-11-9-17-16-8-6-15(22)13-14(16)5-7-18(17)19(20)10-12-21(20,23)4-2/h14-19,22-23H,3-13H2,1-2H3/t14-,15-,16+,17-,18-,19+,20+,21+/m1/s1. The zero-order valence-corrected chi connectivity index (χ0v) is 15.1. The van der Waals surface area contributed by atoms with Crippen LogP contribution in [0.5, 0.6) is 0 Å². The fourth-order valence-corrected chi connectivity index (χ4v) is 8.05. The van der Waals surface area contributed by atoms with E-state index in [2.05, 4.69) is 13.8 Å². The van der Waals surface area contributed by atoms with Crippen LogP contribution in [0.1, 0.15) is 84.5 Å². The van der Waals surface area contributed by atoms with Crippen LogP contribution in [-0.2, 0) is 0 Å². The molecule has 0 aliphatic heterocycles. The summed E-state index contributed by atoms with van der Waals surface area (Å²) in [7, 11) is 0. The van der Waals surface area contributed by atoms with Gasteiger partial charge in [-0.3, -0.25) is 0 Å². The summed E-state index contributed by atoms with van der Waals surface area (Å²) in [6.07, 6.45) is 13.0. The van der Waals surface area contributed by atoms with Crippen LogP contribution in [0.25, 0.3) is 0 Å². The van der Waals surface area contributed by atoms with Gasteiger partial charge in [-0.1, -0.05) is 13.8 Å². The molecule has 4 saturated carbocycles. The predicted molar refractivity (Wildman–Crippen MR) is 93.0 cm³/mol. The van der Waals surface area contributed by atoms with Crippen molar-refractivity contribution in [2.45, 2.75) is 96.2 Å². The molecule has 0 amide bonds. The van der Waals surface area contributed by atoms with Gasteiger partial charge in [-0.05, 0) is 100 Å². The van der Waals surface area contributed by atoms with Gasteiger partial charge in [0, 0.05) is 5.41 Å². The van der Waals surface area contributed by atoms with Crippen LogP contribution >= 0.6 is 0 Å². The van der Waals surface area contributed by atoms with Gasteiger partial charge in [-0.25, -0.2) is 0 Å². The van der Waals surface area contributed by atoms with Crippen LogP contribution in [0.15, 0.2) is 0 Å². The Morgan fingerprint density at radius 2 is 1.61 bits per heavy atom. The Labute approximate surface area is 142 Å². The highest BCUT2D eigenvalue weighted by Crippen LogP contribution is 2.67. The number of rotatable bonds is 2. The fraction of sp³-hybridized carbons (Fsp3) is 1.00. The Morgan fingerprint density at radius 1 is 0.826 bits per heavy atom. The number of fused-ring (bicyclic) bond motifs is 5. The molecule has 4 fully saturated rings. The van der Waals surface area contributed by atoms with Crippen LogP contribution in [0, 0.1) is 35.0 Å². The van der Waals surface area contributed by atoms with Gasteiger partial charge in [-0.2, -0.15) is 0 Å². The third-order valence-electron chi connectivity index (χ3n) is 9.15. The molecular weight excluding hydrogens is 284 g/mol. The van der Waals surface area contributed by atoms with Crippen molar-refractivity contribution in [1.82, 2.24) is 0 Å². The van der Waals surface area contributed by atoms with Gasteiger partial charge in [0.25, 0.3) is 0 Å². The Hall–Kier alpha value is -0.0800. The summed E-state index contributed by atoms with van der Waals surface area (Å²) in [6, 6.07) is 0. The Morgan fingerprint density at radius 3 is 2.35 bits per heavy atom. The van der Waals surface area contributed by atoms with E-state index in [4.69, 9.17) is 0 Å². The first-order chi connectivity index (χ1) is 11.0. The number of hydrogen-bond donors (Lipinski definition) is 2. The SMILES string of the molecule is CC[C@]1(O)CC[C@H]2[C@@H]3CC[C@@H]4C[C@H](O)CC[C@@H]4[C@H]3CC[C@@]21CC. The molecule has 4 aliphatic carbocycles. The van der Waals surface area contributed by atoms with E-state index < -0.39 is 5.60 Å². The summed E-state index contributed by atoms with van der Waals surface area (Å²) < 4.78 is 0. The van der Waals surface area contributed by atoms with Gasteiger partial charge in [0.1, 0.15) is 0 Å². The minimum Gasteiger partial charge on any atom is -0.393 e. The summed E-state index contributed by atoms with van der Waals surface area (Å²) in [5, 5.41) is 21.4. The van der Waals surface area contributed by atoms with Gasteiger partial charge < -0.3 is 10.2 Å². The highest BCUT2D eigenvalue weighted by atomic mass is 16.3. The molecule has 132 valence electrons. The second-order valence-electron chi connectivity index (χ2n) is 9.37. The lowest BCUT2D eigenvalue weighted by Crippen LogP contribution is -2.54. The highest BCUT2D eigenvalue weighted by molar-refractivity contribution is 5.13. The van der Waals surface area contributed by atoms with E-state index in [9.17, 15) is 10.2 Å². The smallest absolute Gasteiger partial charge is 0.0703 e. The highest BCUT2D eigenvalue weighted by Gasteiger charge is 2.63. The molecule has 0 unspecified atom stereocenters. The van der Waals surface area contributed by atoms with Crippen LogP contribution < -0.4 is 0 Å². The molecule has 0 aromatic carbocycles. The maximum atomic E-state index is 11.4. The molecule has 8 atom stereocenters. The van der Waals surface area contributed by atoms with E-state index >= 15 is 0 Å². The van der Waals surface area contributed by atoms with E-state index in [-0.39, 0.29) is 11.5 Å². The lowest BCUT2D eigenvalue weighted by molar-refractivity contribution is -0.145. The van der Waals surface area contributed by atoms with Crippen LogP contribution in [0.3, 0.4) is 0 Å². The Balaban J connectivity index is 1.60. The number of aliphatic hydroxyl groups is 2. The molecule has 0 aromatic heterocycles. The minimum absolute atomic E-state index is 0.0252. The molecule has 0 saturated heterocycles. The van der Waals surface area contributed by atoms with Crippen molar-refractivity contribution in [2.75, 3.05) is 0 Å². The predicted octanol–water partition coefficient (Wildman–Crippen LogP) is 4.53. The maximum absolute atomic E-state index is 11.4. The average Bonchev–Trinajstić information content (AvgIpc) is 2.88. The molecule has 0 spiro atoms. The Bertz CT molecular complexity index is 449. The van der Waals surface area contributed by atoms with E-state index in [1.165, 1.54) is 38.5 Å². The van der Waals surface area contributed by atoms with Crippen molar-refractivity contribution >= 4 is 0 Å². The van der Waals surface area contributed by atoms with E-state index in [1.807, 2.05) is 0 Å². The van der Waals surface area contributed by atoms with Gasteiger partial charge in [-0.15, -0.1) is 0 Å².